The molecule has 0 atom stereocenters. The molecule has 1 aliphatic heterocycles. The Morgan fingerprint density at radius 2 is 1.77 bits per heavy atom. The summed E-state index contributed by atoms with van der Waals surface area (Å²) >= 11 is 0. The molecule has 31 heavy (non-hydrogen) atoms. The summed E-state index contributed by atoms with van der Waals surface area (Å²) in [6.07, 6.45) is 1.66. The number of methoxy groups -OCH3 is 1. The number of rotatable bonds is 7. The van der Waals surface area contributed by atoms with Crippen LogP contribution in [0.1, 0.15) is 25.8 Å². The average molecular weight is 446 g/mol. The van der Waals surface area contributed by atoms with Gasteiger partial charge in [-0.1, -0.05) is 19.9 Å². The molecular weight excluding hydrogens is 418 g/mol. The van der Waals surface area contributed by atoms with Crippen LogP contribution in [0.25, 0.3) is 0 Å². The predicted molar refractivity (Wildman–Crippen MR) is 120 cm³/mol. The minimum Gasteiger partial charge on any atom is -0.375 e. The van der Waals surface area contributed by atoms with Gasteiger partial charge in [0.1, 0.15) is 6.61 Å². The first-order chi connectivity index (χ1) is 14.7. The van der Waals surface area contributed by atoms with Crippen molar-refractivity contribution < 1.29 is 22.7 Å². The van der Waals surface area contributed by atoms with Gasteiger partial charge >= 0.3 is 0 Å². The van der Waals surface area contributed by atoms with Crippen LogP contribution in [-0.2, 0) is 30.8 Å². The fourth-order valence-electron chi connectivity index (χ4n) is 3.32. The summed E-state index contributed by atoms with van der Waals surface area (Å²) in [5.74, 6) is -0.484. The predicted octanol–water partition coefficient (Wildman–Crippen LogP) is 3.01. The number of anilines is 3. The van der Waals surface area contributed by atoms with Gasteiger partial charge in [0, 0.05) is 30.9 Å². The van der Waals surface area contributed by atoms with Crippen LogP contribution >= 0.6 is 0 Å². The Kier molecular flexibility index (Phi) is 6.97. The van der Waals surface area contributed by atoms with Crippen molar-refractivity contribution in [2.75, 3.05) is 35.2 Å². The molecule has 0 unspecified atom stereocenters. The van der Waals surface area contributed by atoms with E-state index in [2.05, 4.69) is 10.0 Å². The summed E-state index contributed by atoms with van der Waals surface area (Å²) < 4.78 is 33.2. The van der Waals surface area contributed by atoms with Crippen LogP contribution < -0.4 is 14.9 Å². The number of hydrogen-bond donors (Lipinski definition) is 2. The lowest BCUT2D eigenvalue weighted by molar-refractivity contribution is -0.122. The standard InChI is InChI=1S/C22H27N3O5S/c1-15(2)22(27)23-17-8-10-19(11-9-17)31(28,29)24-18-7-6-16-5-4-12-25(20(16)13-18)21(26)14-30-3/h6-11,13,15,24H,4-5,12,14H2,1-3H3,(H,23,27). The van der Waals surface area contributed by atoms with Crippen molar-refractivity contribution >= 4 is 38.9 Å². The molecule has 3 rings (SSSR count). The van der Waals surface area contributed by atoms with Crippen molar-refractivity contribution in [3.05, 3.63) is 48.0 Å². The molecule has 166 valence electrons. The van der Waals surface area contributed by atoms with Crippen molar-refractivity contribution in [2.24, 2.45) is 5.92 Å². The lowest BCUT2D eigenvalue weighted by Crippen LogP contribution is -2.37. The number of hydrogen-bond acceptors (Lipinski definition) is 5. The van der Waals surface area contributed by atoms with Gasteiger partial charge in [0.2, 0.25) is 5.91 Å². The first-order valence-electron chi connectivity index (χ1n) is 10.1. The van der Waals surface area contributed by atoms with E-state index >= 15 is 0 Å². The molecule has 9 heteroatoms. The van der Waals surface area contributed by atoms with Gasteiger partial charge in [0.15, 0.2) is 0 Å². The Morgan fingerprint density at radius 1 is 1.10 bits per heavy atom. The summed E-state index contributed by atoms with van der Waals surface area (Å²) in [7, 11) is -2.38. The van der Waals surface area contributed by atoms with Gasteiger partial charge < -0.3 is 15.0 Å². The Hall–Kier alpha value is -2.91. The van der Waals surface area contributed by atoms with Gasteiger partial charge in [-0.15, -0.1) is 0 Å². The SMILES string of the molecule is COCC(=O)N1CCCc2ccc(NS(=O)(=O)c3ccc(NC(=O)C(C)C)cc3)cc21. The summed E-state index contributed by atoms with van der Waals surface area (Å²) in [6.45, 7) is 4.09. The number of benzene rings is 2. The Morgan fingerprint density at radius 3 is 2.42 bits per heavy atom. The highest BCUT2D eigenvalue weighted by molar-refractivity contribution is 7.92. The first-order valence-corrected chi connectivity index (χ1v) is 11.6. The van der Waals surface area contributed by atoms with Gasteiger partial charge in [-0.3, -0.25) is 14.3 Å². The van der Waals surface area contributed by atoms with Crippen LogP contribution in [0, 0.1) is 5.92 Å². The highest BCUT2D eigenvalue weighted by atomic mass is 32.2. The molecule has 0 bridgehead atoms. The first kappa shape index (κ1) is 22.8. The molecule has 0 radical (unpaired) electrons. The fourth-order valence-corrected chi connectivity index (χ4v) is 4.37. The smallest absolute Gasteiger partial charge is 0.261 e. The van der Waals surface area contributed by atoms with Gasteiger partial charge in [0.05, 0.1) is 10.6 Å². The Labute approximate surface area is 182 Å². The number of fused-ring (bicyclic) bond motifs is 1. The second-order valence-corrected chi connectivity index (χ2v) is 9.38. The lowest BCUT2D eigenvalue weighted by Gasteiger charge is -2.30. The summed E-state index contributed by atoms with van der Waals surface area (Å²) in [4.78, 5) is 25.9. The normalized spacial score (nSPS) is 13.6. The van der Waals surface area contributed by atoms with E-state index in [-0.39, 0.29) is 29.2 Å². The molecule has 0 saturated heterocycles. The highest BCUT2D eigenvalue weighted by Gasteiger charge is 2.24. The number of aryl methyl sites for hydroxylation is 1. The van der Waals surface area contributed by atoms with Crippen molar-refractivity contribution in [3.8, 4) is 0 Å². The summed E-state index contributed by atoms with van der Waals surface area (Å²) in [6, 6.07) is 11.2. The number of nitrogens with zero attached hydrogens (tertiary/aromatic N) is 1. The van der Waals surface area contributed by atoms with Crippen LogP contribution in [0.5, 0.6) is 0 Å². The number of nitrogens with one attached hydrogen (secondary N) is 2. The quantitative estimate of drug-likeness (QED) is 0.682. The number of amides is 2. The molecule has 0 spiro atoms. The van der Waals surface area contributed by atoms with Crippen molar-refractivity contribution in [1.29, 1.82) is 0 Å². The summed E-state index contributed by atoms with van der Waals surface area (Å²) in [5, 5.41) is 2.73. The zero-order chi connectivity index (χ0) is 22.6. The van der Waals surface area contributed by atoms with Gasteiger partial charge in [-0.05, 0) is 54.8 Å². The second kappa shape index (κ2) is 9.49. The molecule has 0 aromatic heterocycles. The minimum absolute atomic E-state index is 0.0326. The van der Waals surface area contributed by atoms with E-state index in [0.29, 0.717) is 23.6 Å². The van der Waals surface area contributed by atoms with Crippen LogP contribution in [0.15, 0.2) is 47.4 Å². The number of carbonyl (C=O) groups excluding carboxylic acids is 2. The maximum atomic E-state index is 12.8. The van der Waals surface area contributed by atoms with Crippen molar-refractivity contribution in [3.63, 3.8) is 0 Å². The van der Waals surface area contributed by atoms with E-state index < -0.39 is 10.0 Å². The van der Waals surface area contributed by atoms with E-state index in [4.69, 9.17) is 4.74 Å². The van der Waals surface area contributed by atoms with Gasteiger partial charge in [0.25, 0.3) is 15.9 Å². The maximum absolute atomic E-state index is 12.8. The molecule has 0 saturated carbocycles. The highest BCUT2D eigenvalue weighted by Crippen LogP contribution is 2.31. The summed E-state index contributed by atoms with van der Waals surface area (Å²) in [5.41, 5.74) is 2.58. The zero-order valence-electron chi connectivity index (χ0n) is 17.8. The van der Waals surface area contributed by atoms with E-state index in [1.807, 2.05) is 6.07 Å². The van der Waals surface area contributed by atoms with Gasteiger partial charge in [-0.2, -0.15) is 0 Å². The van der Waals surface area contributed by atoms with Crippen molar-refractivity contribution in [1.82, 2.24) is 0 Å². The number of ether oxygens (including phenoxy) is 1. The zero-order valence-corrected chi connectivity index (χ0v) is 18.7. The monoisotopic (exact) mass is 445 g/mol. The third-order valence-corrected chi connectivity index (χ3v) is 6.38. The maximum Gasteiger partial charge on any atom is 0.261 e. The molecule has 2 aromatic rings. The number of carbonyl (C=O) groups is 2. The van der Waals surface area contributed by atoms with E-state index in [9.17, 15) is 18.0 Å². The van der Waals surface area contributed by atoms with Crippen LogP contribution in [0.2, 0.25) is 0 Å². The Balaban J connectivity index is 1.79. The lowest BCUT2D eigenvalue weighted by atomic mass is 10.0. The van der Waals surface area contributed by atoms with Gasteiger partial charge in [-0.25, -0.2) is 8.42 Å². The van der Waals surface area contributed by atoms with Crippen LogP contribution in [0.4, 0.5) is 17.1 Å². The second-order valence-electron chi connectivity index (χ2n) is 7.70. The van der Waals surface area contributed by atoms with E-state index in [0.717, 1.165) is 18.4 Å². The molecular formula is C22H27N3O5S. The molecule has 1 aliphatic rings. The number of sulfonamides is 1. The van der Waals surface area contributed by atoms with E-state index in [1.165, 1.54) is 19.2 Å². The third kappa shape index (κ3) is 5.42. The van der Waals surface area contributed by atoms with Crippen LogP contribution in [0.3, 0.4) is 0 Å². The Bertz CT molecular complexity index is 1070. The fraction of sp³-hybridized carbons (Fsp3) is 0.364. The molecule has 8 nitrogen and oxygen atoms in total. The average Bonchev–Trinajstić information content (AvgIpc) is 2.73. The van der Waals surface area contributed by atoms with Crippen molar-refractivity contribution in [2.45, 2.75) is 31.6 Å². The topological polar surface area (TPSA) is 105 Å². The molecule has 0 fully saturated rings. The molecule has 0 aliphatic carbocycles. The van der Waals surface area contributed by atoms with E-state index in [1.54, 1.807) is 43.0 Å². The van der Waals surface area contributed by atoms with Crippen LogP contribution in [-0.4, -0.2) is 40.5 Å². The molecule has 1 heterocycles. The molecule has 2 N–H and O–H groups in total. The largest absolute Gasteiger partial charge is 0.375 e. The molecule has 2 amide bonds. The molecule has 2 aromatic carbocycles. The third-order valence-electron chi connectivity index (χ3n) is 4.98. The minimum atomic E-state index is -3.84.